The maximum atomic E-state index is 11.6. The van der Waals surface area contributed by atoms with Crippen LogP contribution in [-0.4, -0.2) is 48.7 Å². The lowest BCUT2D eigenvalue weighted by atomic mass is 10.5. The van der Waals surface area contributed by atoms with Gasteiger partial charge in [-0.2, -0.15) is 13.2 Å². The summed E-state index contributed by atoms with van der Waals surface area (Å²) in [5.74, 6) is -2.19. The van der Waals surface area contributed by atoms with Gasteiger partial charge in [-0.05, 0) is 0 Å². The van der Waals surface area contributed by atoms with E-state index in [4.69, 9.17) is 0 Å². The minimum Gasteiger partial charge on any atom is -0.370 e. The molecule has 16 heavy (non-hydrogen) atoms. The van der Waals surface area contributed by atoms with Crippen molar-refractivity contribution in [3.8, 4) is 0 Å². The zero-order chi connectivity index (χ0) is 12.3. The van der Waals surface area contributed by atoms with Crippen molar-refractivity contribution in [1.82, 2.24) is 10.2 Å². The van der Waals surface area contributed by atoms with Gasteiger partial charge in [0, 0.05) is 0 Å². The van der Waals surface area contributed by atoms with E-state index in [1.165, 1.54) is 0 Å². The van der Waals surface area contributed by atoms with E-state index < -0.39 is 43.8 Å². The summed E-state index contributed by atoms with van der Waals surface area (Å²) >= 11 is 0. The van der Waals surface area contributed by atoms with Crippen LogP contribution in [0.4, 0.5) is 18.0 Å². The summed E-state index contributed by atoms with van der Waals surface area (Å²) in [6.07, 6.45) is -4.47. The Balaban J connectivity index is 2.31. The molecule has 9 heteroatoms. The summed E-state index contributed by atoms with van der Waals surface area (Å²) < 4.78 is 39.1. The molecule has 1 rings (SSSR count). The van der Waals surface area contributed by atoms with E-state index in [0.717, 1.165) is 0 Å². The standard InChI is InChI=1S/C7H7F3N2O4/c8-7(9,10)3-16-2-1-12-5(14)4(13)11-6(12)15/h1-3H2,(H,11,13,15). The molecule has 1 aliphatic heterocycles. The van der Waals surface area contributed by atoms with E-state index in [1.54, 1.807) is 5.32 Å². The van der Waals surface area contributed by atoms with E-state index >= 15 is 0 Å². The Bertz CT molecular complexity index is 328. The molecule has 4 amide bonds. The van der Waals surface area contributed by atoms with E-state index in [9.17, 15) is 27.6 Å². The molecule has 0 atom stereocenters. The van der Waals surface area contributed by atoms with Gasteiger partial charge in [-0.3, -0.25) is 19.8 Å². The summed E-state index contributed by atoms with van der Waals surface area (Å²) in [6, 6.07) is -0.953. The van der Waals surface area contributed by atoms with Crippen LogP contribution in [-0.2, 0) is 14.3 Å². The third kappa shape index (κ3) is 3.19. The number of imide groups is 2. The highest BCUT2D eigenvalue weighted by Crippen LogP contribution is 2.14. The summed E-state index contributed by atoms with van der Waals surface area (Å²) in [7, 11) is 0. The Morgan fingerprint density at radius 3 is 2.31 bits per heavy atom. The number of nitrogens with zero attached hydrogens (tertiary/aromatic N) is 1. The van der Waals surface area contributed by atoms with Crippen molar-refractivity contribution >= 4 is 17.8 Å². The second kappa shape index (κ2) is 4.47. The summed E-state index contributed by atoms with van der Waals surface area (Å²) in [5, 5.41) is 1.69. The van der Waals surface area contributed by atoms with E-state index in [1.807, 2.05) is 0 Å². The first-order valence-electron chi connectivity index (χ1n) is 4.12. The van der Waals surface area contributed by atoms with Crippen molar-refractivity contribution in [2.45, 2.75) is 6.18 Å². The van der Waals surface area contributed by atoms with Crippen LogP contribution < -0.4 is 5.32 Å². The molecular formula is C7H7F3N2O4. The molecule has 6 nitrogen and oxygen atoms in total. The summed E-state index contributed by atoms with van der Waals surface area (Å²) in [6.45, 7) is -2.34. The lowest BCUT2D eigenvalue weighted by molar-refractivity contribution is -0.174. The molecule has 1 saturated heterocycles. The van der Waals surface area contributed by atoms with Crippen LogP contribution in [0.15, 0.2) is 0 Å². The molecule has 0 saturated carbocycles. The zero-order valence-corrected chi connectivity index (χ0v) is 7.84. The number of ether oxygens (including phenoxy) is 1. The van der Waals surface area contributed by atoms with Crippen molar-refractivity contribution in [2.75, 3.05) is 19.8 Å². The molecule has 0 bridgehead atoms. The molecule has 0 aromatic carbocycles. The third-order valence-electron chi connectivity index (χ3n) is 1.63. The molecule has 0 aromatic heterocycles. The van der Waals surface area contributed by atoms with Gasteiger partial charge in [-0.1, -0.05) is 0 Å². The molecule has 1 fully saturated rings. The quantitative estimate of drug-likeness (QED) is 0.413. The SMILES string of the molecule is O=C1NC(=O)N(CCOCC(F)(F)F)C1=O. The Morgan fingerprint density at radius 2 is 1.88 bits per heavy atom. The predicted octanol–water partition coefficient (Wildman–Crippen LogP) is -0.356. The number of hydrogen-bond acceptors (Lipinski definition) is 4. The van der Waals surface area contributed by atoms with Crippen LogP contribution in [0.5, 0.6) is 0 Å². The average molecular weight is 240 g/mol. The normalized spacial score (nSPS) is 16.9. The smallest absolute Gasteiger partial charge is 0.370 e. The Hall–Kier alpha value is -1.64. The largest absolute Gasteiger partial charge is 0.411 e. The third-order valence-corrected chi connectivity index (χ3v) is 1.63. The number of rotatable bonds is 4. The van der Waals surface area contributed by atoms with Crippen molar-refractivity contribution in [3.63, 3.8) is 0 Å². The minimum atomic E-state index is -4.47. The molecule has 0 unspecified atom stereocenters. The monoisotopic (exact) mass is 240 g/mol. The average Bonchev–Trinajstić information content (AvgIpc) is 2.36. The van der Waals surface area contributed by atoms with Gasteiger partial charge in [0.25, 0.3) is 0 Å². The lowest BCUT2D eigenvalue weighted by Gasteiger charge is -2.12. The lowest BCUT2D eigenvalue weighted by Crippen LogP contribution is -2.34. The van der Waals surface area contributed by atoms with Gasteiger partial charge >= 0.3 is 24.0 Å². The van der Waals surface area contributed by atoms with Gasteiger partial charge in [0.1, 0.15) is 6.61 Å². The number of hydrogen-bond donors (Lipinski definition) is 1. The topological polar surface area (TPSA) is 75.7 Å². The molecular weight excluding hydrogens is 233 g/mol. The highest BCUT2D eigenvalue weighted by molar-refractivity contribution is 6.44. The molecule has 90 valence electrons. The maximum absolute atomic E-state index is 11.6. The van der Waals surface area contributed by atoms with Crippen molar-refractivity contribution in [3.05, 3.63) is 0 Å². The highest BCUT2D eigenvalue weighted by Gasteiger charge is 2.36. The zero-order valence-electron chi connectivity index (χ0n) is 7.84. The van der Waals surface area contributed by atoms with Crippen LogP contribution in [0.2, 0.25) is 0 Å². The number of halogens is 3. The van der Waals surface area contributed by atoms with Crippen molar-refractivity contribution in [2.24, 2.45) is 0 Å². The fraction of sp³-hybridized carbons (Fsp3) is 0.571. The molecule has 0 aliphatic carbocycles. The molecule has 1 heterocycles. The van der Waals surface area contributed by atoms with Gasteiger partial charge in [-0.15, -0.1) is 0 Å². The van der Waals surface area contributed by atoms with Crippen LogP contribution in [0.1, 0.15) is 0 Å². The van der Waals surface area contributed by atoms with Gasteiger partial charge in [0.05, 0.1) is 13.2 Å². The number of carbonyl (C=O) groups is 3. The predicted molar refractivity (Wildman–Crippen MR) is 42.1 cm³/mol. The number of amides is 4. The Labute approximate surface area is 87.3 Å². The molecule has 1 aliphatic rings. The summed E-state index contributed by atoms with van der Waals surface area (Å²) in [5.41, 5.74) is 0. The fourth-order valence-electron chi connectivity index (χ4n) is 0.980. The molecule has 0 spiro atoms. The number of alkyl halides is 3. The molecule has 0 radical (unpaired) electrons. The van der Waals surface area contributed by atoms with E-state index in [-0.39, 0.29) is 0 Å². The van der Waals surface area contributed by atoms with Crippen LogP contribution in [0.3, 0.4) is 0 Å². The number of nitrogens with one attached hydrogen (secondary N) is 1. The maximum Gasteiger partial charge on any atom is 0.411 e. The van der Waals surface area contributed by atoms with Crippen molar-refractivity contribution in [1.29, 1.82) is 0 Å². The second-order valence-corrected chi connectivity index (χ2v) is 2.88. The Morgan fingerprint density at radius 1 is 1.25 bits per heavy atom. The molecule has 0 aromatic rings. The minimum absolute atomic E-state index is 0.396. The van der Waals surface area contributed by atoms with Crippen LogP contribution >= 0.6 is 0 Å². The fourth-order valence-corrected chi connectivity index (χ4v) is 0.980. The highest BCUT2D eigenvalue weighted by atomic mass is 19.4. The number of urea groups is 1. The Kier molecular flexibility index (Phi) is 3.48. The first-order valence-corrected chi connectivity index (χ1v) is 4.12. The van der Waals surface area contributed by atoms with Crippen LogP contribution in [0, 0.1) is 0 Å². The summed E-state index contributed by atoms with van der Waals surface area (Å²) in [4.78, 5) is 32.9. The van der Waals surface area contributed by atoms with Gasteiger partial charge < -0.3 is 4.74 Å². The van der Waals surface area contributed by atoms with E-state index in [0.29, 0.717) is 4.90 Å². The first kappa shape index (κ1) is 12.4. The van der Waals surface area contributed by atoms with E-state index in [2.05, 4.69) is 4.74 Å². The van der Waals surface area contributed by atoms with Gasteiger partial charge in [0.2, 0.25) is 0 Å². The second-order valence-electron chi connectivity index (χ2n) is 2.88. The first-order chi connectivity index (χ1) is 7.31. The van der Waals surface area contributed by atoms with Crippen molar-refractivity contribution < 1.29 is 32.3 Å². The van der Waals surface area contributed by atoms with Gasteiger partial charge in [0.15, 0.2) is 0 Å². The van der Waals surface area contributed by atoms with Gasteiger partial charge in [-0.25, -0.2) is 4.79 Å². The van der Waals surface area contributed by atoms with Crippen LogP contribution in [0.25, 0.3) is 0 Å². The number of carbonyl (C=O) groups excluding carboxylic acids is 3. The molecule has 1 N–H and O–H groups in total.